The molecule has 106 valence electrons. The molecule has 0 bridgehead atoms. The molecule has 0 radical (unpaired) electrons. The highest BCUT2D eigenvalue weighted by molar-refractivity contribution is 7.85. The van der Waals surface area contributed by atoms with E-state index in [0.29, 0.717) is 5.82 Å². The largest absolute Gasteiger partial charge is 0.368 e. The second kappa shape index (κ2) is 6.00. The van der Waals surface area contributed by atoms with Gasteiger partial charge >= 0.3 is 0 Å². The third-order valence-electron chi connectivity index (χ3n) is 2.78. The Morgan fingerprint density at radius 2 is 2.00 bits per heavy atom. The smallest absolute Gasteiger partial charge is 0.221 e. The van der Waals surface area contributed by atoms with E-state index in [1.165, 1.54) is 0 Å². The summed E-state index contributed by atoms with van der Waals surface area (Å²) >= 11 is 0. The van der Waals surface area contributed by atoms with Crippen molar-refractivity contribution < 1.29 is 4.21 Å². The van der Waals surface area contributed by atoms with E-state index in [1.807, 2.05) is 45.0 Å². The van der Waals surface area contributed by atoms with Crippen LogP contribution in [0.3, 0.4) is 0 Å². The van der Waals surface area contributed by atoms with Gasteiger partial charge in [-0.1, -0.05) is 26.0 Å². The van der Waals surface area contributed by atoms with Gasteiger partial charge in [-0.3, -0.25) is 4.21 Å². The second-order valence-corrected chi connectivity index (χ2v) is 6.70. The molecule has 1 heterocycles. The maximum absolute atomic E-state index is 12.3. The molecule has 2 aromatic rings. The molecular weight excluding hydrogens is 272 g/mol. The Balaban J connectivity index is 2.39. The van der Waals surface area contributed by atoms with Crippen molar-refractivity contribution in [3.05, 3.63) is 36.0 Å². The first-order chi connectivity index (χ1) is 9.49. The van der Waals surface area contributed by atoms with E-state index in [-0.39, 0.29) is 11.2 Å². The molecule has 2 rings (SSSR count). The van der Waals surface area contributed by atoms with Crippen molar-refractivity contribution in [2.75, 3.05) is 11.1 Å². The number of benzene rings is 1. The number of para-hydroxylation sites is 1. The van der Waals surface area contributed by atoms with Gasteiger partial charge in [0.05, 0.1) is 21.4 Å². The minimum absolute atomic E-state index is 0.0505. The monoisotopic (exact) mass is 290 g/mol. The van der Waals surface area contributed by atoms with E-state index in [4.69, 9.17) is 5.73 Å². The van der Waals surface area contributed by atoms with Gasteiger partial charge in [-0.15, -0.1) is 0 Å². The zero-order chi connectivity index (χ0) is 14.7. The van der Waals surface area contributed by atoms with E-state index >= 15 is 0 Å². The van der Waals surface area contributed by atoms with Crippen LogP contribution >= 0.6 is 0 Å². The third kappa shape index (κ3) is 3.14. The van der Waals surface area contributed by atoms with Crippen LogP contribution < -0.4 is 11.1 Å². The van der Waals surface area contributed by atoms with Crippen LogP contribution in [0.4, 0.5) is 17.5 Å². The first kappa shape index (κ1) is 14.5. The molecule has 0 saturated heterocycles. The van der Waals surface area contributed by atoms with Crippen molar-refractivity contribution in [2.24, 2.45) is 0 Å². The lowest BCUT2D eigenvalue weighted by Crippen LogP contribution is -2.09. The molecule has 1 aromatic carbocycles. The van der Waals surface area contributed by atoms with Crippen molar-refractivity contribution in [1.29, 1.82) is 0 Å². The van der Waals surface area contributed by atoms with Gasteiger partial charge in [-0.25, -0.2) is 4.98 Å². The first-order valence-corrected chi connectivity index (χ1v) is 7.56. The number of aromatic nitrogens is 2. The van der Waals surface area contributed by atoms with Gasteiger partial charge in [0.1, 0.15) is 5.82 Å². The predicted molar refractivity (Wildman–Crippen MR) is 82.5 cm³/mol. The highest BCUT2D eigenvalue weighted by Gasteiger charge is 2.14. The molecule has 1 aromatic heterocycles. The molecule has 0 aliphatic carbocycles. The molecule has 0 aliphatic heterocycles. The summed E-state index contributed by atoms with van der Waals surface area (Å²) in [5, 5.41) is 3.24. The van der Waals surface area contributed by atoms with Crippen molar-refractivity contribution in [3.63, 3.8) is 0 Å². The maximum atomic E-state index is 12.3. The number of nitrogen functional groups attached to an aromatic ring is 1. The Kier molecular flexibility index (Phi) is 4.34. The number of rotatable bonds is 4. The highest BCUT2D eigenvalue weighted by atomic mass is 32.2. The lowest BCUT2D eigenvalue weighted by Gasteiger charge is -2.14. The topological polar surface area (TPSA) is 80.9 Å². The van der Waals surface area contributed by atoms with Crippen LogP contribution in [0.25, 0.3) is 0 Å². The number of hydrogen-bond donors (Lipinski definition) is 2. The normalized spacial score (nSPS) is 12.4. The highest BCUT2D eigenvalue weighted by Crippen LogP contribution is 2.25. The molecule has 1 atom stereocenters. The summed E-state index contributed by atoms with van der Waals surface area (Å²) in [6.07, 6.45) is 1.66. The lowest BCUT2D eigenvalue weighted by molar-refractivity contribution is 0.677. The molecule has 0 fully saturated rings. The van der Waals surface area contributed by atoms with Gasteiger partial charge in [0.15, 0.2) is 0 Å². The zero-order valence-electron chi connectivity index (χ0n) is 11.8. The maximum Gasteiger partial charge on any atom is 0.221 e. The number of nitrogens with zero attached hydrogens (tertiary/aromatic N) is 2. The summed E-state index contributed by atoms with van der Waals surface area (Å²) in [7, 11) is -1.07. The molecule has 20 heavy (non-hydrogen) atoms. The van der Waals surface area contributed by atoms with Gasteiger partial charge in [0.25, 0.3) is 0 Å². The standard InChI is InChI=1S/C14H18N4OS/c1-9(2)20(19)12-7-5-4-6-11(12)17-13-10(3)8-16-14(15)18-13/h4-9H,1-3H3,(H3,15,16,17,18). The summed E-state index contributed by atoms with van der Waals surface area (Å²) in [6, 6.07) is 7.51. The van der Waals surface area contributed by atoms with Crippen LogP contribution in [-0.4, -0.2) is 19.4 Å². The minimum Gasteiger partial charge on any atom is -0.368 e. The minimum atomic E-state index is -1.07. The average molecular weight is 290 g/mol. The number of hydrogen-bond acceptors (Lipinski definition) is 5. The fourth-order valence-corrected chi connectivity index (χ4v) is 2.77. The molecule has 0 aliphatic rings. The summed E-state index contributed by atoms with van der Waals surface area (Å²) in [4.78, 5) is 8.87. The molecule has 1 unspecified atom stereocenters. The quantitative estimate of drug-likeness (QED) is 0.904. The number of anilines is 3. The molecule has 5 nitrogen and oxygen atoms in total. The molecule has 3 N–H and O–H groups in total. The van der Waals surface area contributed by atoms with Crippen LogP contribution in [0.2, 0.25) is 0 Å². The Morgan fingerprint density at radius 1 is 1.30 bits per heavy atom. The summed E-state index contributed by atoms with van der Waals surface area (Å²) in [6.45, 7) is 5.76. The molecule has 0 saturated carbocycles. The van der Waals surface area contributed by atoms with E-state index in [9.17, 15) is 4.21 Å². The van der Waals surface area contributed by atoms with Crippen LogP contribution in [0.15, 0.2) is 35.4 Å². The second-order valence-electron chi connectivity index (χ2n) is 4.73. The SMILES string of the molecule is Cc1cnc(N)nc1Nc1ccccc1S(=O)C(C)C. The fraction of sp³-hybridized carbons (Fsp3) is 0.286. The van der Waals surface area contributed by atoms with Crippen LogP contribution in [0.5, 0.6) is 0 Å². The fourth-order valence-electron chi connectivity index (χ4n) is 1.71. The van der Waals surface area contributed by atoms with Crippen molar-refractivity contribution in [3.8, 4) is 0 Å². The number of nitrogens with one attached hydrogen (secondary N) is 1. The summed E-state index contributed by atoms with van der Waals surface area (Å²) in [5.74, 6) is 0.839. The molecular formula is C14H18N4OS. The number of aryl methyl sites for hydroxylation is 1. The first-order valence-electron chi connectivity index (χ1n) is 6.34. The Hall–Kier alpha value is -1.95. The van der Waals surface area contributed by atoms with Crippen molar-refractivity contribution >= 4 is 28.3 Å². The van der Waals surface area contributed by atoms with Gasteiger partial charge in [-0.2, -0.15) is 4.98 Å². The number of nitrogens with two attached hydrogens (primary N) is 1. The van der Waals surface area contributed by atoms with Gasteiger partial charge in [-0.05, 0) is 19.1 Å². The van der Waals surface area contributed by atoms with Crippen LogP contribution in [0, 0.1) is 6.92 Å². The van der Waals surface area contributed by atoms with Gasteiger partial charge < -0.3 is 11.1 Å². The Morgan fingerprint density at radius 3 is 2.70 bits per heavy atom. The molecule has 6 heteroatoms. The Labute approximate surface area is 121 Å². The summed E-state index contributed by atoms with van der Waals surface area (Å²) < 4.78 is 12.3. The zero-order valence-corrected chi connectivity index (χ0v) is 12.6. The van der Waals surface area contributed by atoms with E-state index in [1.54, 1.807) is 6.20 Å². The molecule has 0 spiro atoms. The van der Waals surface area contributed by atoms with Gasteiger partial charge in [0.2, 0.25) is 5.95 Å². The van der Waals surface area contributed by atoms with Crippen LogP contribution in [-0.2, 0) is 10.8 Å². The van der Waals surface area contributed by atoms with Gasteiger partial charge in [0, 0.05) is 17.0 Å². The predicted octanol–water partition coefficient (Wildman–Crippen LogP) is 2.63. The Bertz CT molecular complexity index is 643. The van der Waals surface area contributed by atoms with E-state index < -0.39 is 10.8 Å². The average Bonchev–Trinajstić information content (AvgIpc) is 2.42. The molecule has 0 amide bonds. The summed E-state index contributed by atoms with van der Waals surface area (Å²) in [5.41, 5.74) is 7.26. The van der Waals surface area contributed by atoms with Crippen molar-refractivity contribution in [2.45, 2.75) is 30.9 Å². The lowest BCUT2D eigenvalue weighted by atomic mass is 10.3. The van der Waals surface area contributed by atoms with Crippen LogP contribution in [0.1, 0.15) is 19.4 Å². The van der Waals surface area contributed by atoms with Crippen molar-refractivity contribution in [1.82, 2.24) is 9.97 Å². The third-order valence-corrected chi connectivity index (χ3v) is 4.42. The van der Waals surface area contributed by atoms with E-state index in [0.717, 1.165) is 16.1 Å². The van der Waals surface area contributed by atoms with E-state index in [2.05, 4.69) is 15.3 Å².